The Hall–Kier alpha value is -7.08. The molecule has 5 aromatic rings. The molecule has 0 unspecified atom stereocenters. The van der Waals surface area contributed by atoms with E-state index >= 15 is 0 Å². The van der Waals surface area contributed by atoms with Gasteiger partial charge in [-0.25, -0.2) is 4.79 Å². The lowest BCUT2D eigenvalue weighted by molar-refractivity contribution is -0.145. The molecule has 4 amide bonds. The molecule has 0 radical (unpaired) electrons. The van der Waals surface area contributed by atoms with Crippen LogP contribution in [0, 0.1) is 0 Å². The number of ether oxygens (including phenoxy) is 1. The fraction of sp³-hybridized carbons (Fsp3) is 0.217. The quantitative estimate of drug-likeness (QED) is 0.0362. The molecule has 12 nitrogen and oxygen atoms in total. The number of oxime groups is 1. The third-order valence-corrected chi connectivity index (χ3v) is 9.42. The number of nitrogens with one attached hydrogen (secondary N) is 4. The maximum atomic E-state index is 14.4. The number of benzene rings is 5. The number of hydrogen-bond acceptors (Lipinski definition) is 8. The first-order valence-corrected chi connectivity index (χ1v) is 18.9. The Morgan fingerprint density at radius 1 is 0.466 bits per heavy atom. The Morgan fingerprint density at radius 3 is 1.09 bits per heavy atom. The van der Waals surface area contributed by atoms with E-state index in [9.17, 15) is 29.2 Å². The molecule has 0 bridgehead atoms. The number of esters is 1. The summed E-state index contributed by atoms with van der Waals surface area (Å²) in [6.07, 6.45) is 0.328. The predicted octanol–water partition coefficient (Wildman–Crippen LogP) is 4.14. The highest BCUT2D eigenvalue weighted by Crippen LogP contribution is 2.11. The van der Waals surface area contributed by atoms with Gasteiger partial charge in [0.15, 0.2) is 0 Å². The zero-order chi connectivity index (χ0) is 41.1. The smallest absolute Gasteiger partial charge is 0.328 e. The second-order valence-electron chi connectivity index (χ2n) is 13.7. The zero-order valence-electron chi connectivity index (χ0n) is 32.1. The van der Waals surface area contributed by atoms with E-state index in [1.54, 1.807) is 60.7 Å². The second kappa shape index (κ2) is 21.9. The van der Waals surface area contributed by atoms with Gasteiger partial charge in [0.2, 0.25) is 17.7 Å². The first-order chi connectivity index (χ1) is 28.2. The van der Waals surface area contributed by atoms with Crippen molar-refractivity contribution in [3.05, 3.63) is 179 Å². The van der Waals surface area contributed by atoms with E-state index in [1.165, 1.54) is 7.11 Å². The molecule has 0 aliphatic rings. The molecular weight excluding hydrogens is 735 g/mol. The lowest BCUT2D eigenvalue weighted by atomic mass is 10.00. The Balaban J connectivity index is 1.41. The molecule has 12 heteroatoms. The molecule has 0 aliphatic heterocycles. The van der Waals surface area contributed by atoms with Gasteiger partial charge in [-0.3, -0.25) is 19.2 Å². The molecular formula is C46H47N5O7. The maximum Gasteiger partial charge on any atom is 0.328 e. The van der Waals surface area contributed by atoms with Crippen molar-refractivity contribution in [1.29, 1.82) is 0 Å². The van der Waals surface area contributed by atoms with Crippen LogP contribution in [-0.4, -0.2) is 71.8 Å². The number of amides is 4. The van der Waals surface area contributed by atoms with Gasteiger partial charge in [-0.1, -0.05) is 157 Å². The molecule has 0 saturated carbocycles. The maximum absolute atomic E-state index is 14.4. The van der Waals surface area contributed by atoms with E-state index in [0.29, 0.717) is 0 Å². The Labute approximate surface area is 337 Å². The molecule has 0 aliphatic carbocycles. The standard InChI is InChI=1S/C46H47N5O7/c1-58-46(56)41(31-36-25-15-6-16-26-36)50-44(54)39(29-34-21-11-4-12-22-34)48-42(52)37(27-32-17-7-2-8-18-32)47-43(53)38(28-33-19-9-3-10-20-33)49-45(55)40(51-57)30-35-23-13-5-14-24-35/h2-26,37-39,41,57H,27-31H2,1H3,(H,47,53)(H,48,52)(H,49,55)(H,50,54)/b51-40-/t37-,38-,39-,41-/m0/s1. The number of rotatable bonds is 19. The van der Waals surface area contributed by atoms with Crippen molar-refractivity contribution in [3.8, 4) is 0 Å². The molecule has 5 rings (SSSR count). The highest BCUT2D eigenvalue weighted by Gasteiger charge is 2.33. The van der Waals surface area contributed by atoms with Crippen LogP contribution in [-0.2, 0) is 60.8 Å². The Kier molecular flexibility index (Phi) is 15.9. The minimum Gasteiger partial charge on any atom is -0.467 e. The number of methoxy groups -OCH3 is 1. The molecule has 4 atom stereocenters. The van der Waals surface area contributed by atoms with Crippen LogP contribution in [0.15, 0.2) is 157 Å². The van der Waals surface area contributed by atoms with Crippen LogP contribution in [0.3, 0.4) is 0 Å². The molecule has 0 saturated heterocycles. The third kappa shape index (κ3) is 13.0. The van der Waals surface area contributed by atoms with Crippen LogP contribution >= 0.6 is 0 Å². The van der Waals surface area contributed by atoms with E-state index in [0.717, 1.165) is 27.8 Å². The van der Waals surface area contributed by atoms with Crippen LogP contribution in [0.1, 0.15) is 27.8 Å². The average molecular weight is 782 g/mol. The van der Waals surface area contributed by atoms with Crippen molar-refractivity contribution in [2.75, 3.05) is 7.11 Å². The van der Waals surface area contributed by atoms with Crippen molar-refractivity contribution in [2.24, 2.45) is 5.16 Å². The van der Waals surface area contributed by atoms with E-state index in [1.807, 2.05) is 91.0 Å². The average Bonchev–Trinajstić information content (AvgIpc) is 3.26. The lowest BCUT2D eigenvalue weighted by Crippen LogP contribution is -2.59. The molecule has 58 heavy (non-hydrogen) atoms. The predicted molar refractivity (Wildman–Crippen MR) is 220 cm³/mol. The number of hydrogen-bond donors (Lipinski definition) is 5. The first-order valence-electron chi connectivity index (χ1n) is 18.9. The van der Waals surface area contributed by atoms with Gasteiger partial charge < -0.3 is 31.2 Å². The van der Waals surface area contributed by atoms with Gasteiger partial charge in [0, 0.05) is 32.1 Å². The summed E-state index contributed by atoms with van der Waals surface area (Å²) in [5.74, 6) is -3.39. The van der Waals surface area contributed by atoms with Crippen molar-refractivity contribution in [2.45, 2.75) is 56.3 Å². The highest BCUT2D eigenvalue weighted by atomic mass is 16.5. The first kappa shape index (κ1) is 42.1. The van der Waals surface area contributed by atoms with E-state index in [-0.39, 0.29) is 37.8 Å². The van der Waals surface area contributed by atoms with Crippen molar-refractivity contribution in [1.82, 2.24) is 21.3 Å². The molecule has 298 valence electrons. The summed E-state index contributed by atoms with van der Waals surface area (Å²) in [7, 11) is 1.24. The molecule has 5 aromatic carbocycles. The van der Waals surface area contributed by atoms with Crippen molar-refractivity contribution >= 4 is 35.3 Å². The second-order valence-corrected chi connectivity index (χ2v) is 13.7. The topological polar surface area (TPSA) is 175 Å². The summed E-state index contributed by atoms with van der Waals surface area (Å²) < 4.78 is 5.02. The minimum atomic E-state index is -1.22. The summed E-state index contributed by atoms with van der Waals surface area (Å²) in [6, 6.07) is 40.7. The van der Waals surface area contributed by atoms with Crippen LogP contribution in [0.4, 0.5) is 0 Å². The Bertz CT molecular complexity index is 2120. The summed E-state index contributed by atoms with van der Waals surface area (Å²) in [4.78, 5) is 69.1. The van der Waals surface area contributed by atoms with Crippen LogP contribution in [0.25, 0.3) is 0 Å². The normalized spacial score (nSPS) is 13.2. The molecule has 0 heterocycles. The Morgan fingerprint density at radius 2 is 0.759 bits per heavy atom. The lowest BCUT2D eigenvalue weighted by Gasteiger charge is -2.27. The van der Waals surface area contributed by atoms with Gasteiger partial charge in [0.05, 0.1) is 7.11 Å². The number of carbonyl (C=O) groups is 5. The highest BCUT2D eigenvalue weighted by molar-refractivity contribution is 6.39. The van der Waals surface area contributed by atoms with E-state index in [2.05, 4.69) is 26.4 Å². The summed E-state index contributed by atoms with van der Waals surface area (Å²) in [5.41, 5.74) is 3.51. The molecule has 5 N–H and O–H groups in total. The molecule has 0 spiro atoms. The van der Waals surface area contributed by atoms with Crippen LogP contribution in [0.2, 0.25) is 0 Å². The summed E-state index contributed by atoms with van der Waals surface area (Å²) >= 11 is 0. The molecule has 0 fully saturated rings. The van der Waals surface area contributed by atoms with E-state index < -0.39 is 53.8 Å². The SMILES string of the molecule is COC(=O)[C@H](Cc1ccccc1)NC(=O)[C@H](Cc1ccccc1)NC(=O)[C@H](Cc1ccccc1)NC(=O)[C@H](Cc1ccccc1)NC(=O)/C(Cc1ccccc1)=N\O. The zero-order valence-corrected chi connectivity index (χ0v) is 32.1. The van der Waals surface area contributed by atoms with Crippen LogP contribution in [0.5, 0.6) is 0 Å². The van der Waals surface area contributed by atoms with E-state index in [4.69, 9.17) is 4.74 Å². The summed E-state index contributed by atoms with van der Waals surface area (Å²) in [6.45, 7) is 0. The number of nitrogens with zero attached hydrogens (tertiary/aromatic N) is 1. The summed E-state index contributed by atoms with van der Waals surface area (Å²) in [5, 5.41) is 24.2. The largest absolute Gasteiger partial charge is 0.467 e. The van der Waals surface area contributed by atoms with Crippen molar-refractivity contribution in [3.63, 3.8) is 0 Å². The fourth-order valence-electron chi connectivity index (χ4n) is 6.37. The van der Waals surface area contributed by atoms with Crippen LogP contribution < -0.4 is 21.3 Å². The van der Waals surface area contributed by atoms with Crippen molar-refractivity contribution < 1.29 is 33.9 Å². The monoisotopic (exact) mass is 781 g/mol. The molecule has 0 aromatic heterocycles. The van der Waals surface area contributed by atoms with Gasteiger partial charge in [-0.2, -0.15) is 0 Å². The van der Waals surface area contributed by atoms with Gasteiger partial charge in [-0.15, -0.1) is 0 Å². The van der Waals surface area contributed by atoms with Gasteiger partial charge in [0.25, 0.3) is 5.91 Å². The fourth-order valence-corrected chi connectivity index (χ4v) is 6.37. The number of carbonyl (C=O) groups excluding carboxylic acids is 5. The van der Waals surface area contributed by atoms with Gasteiger partial charge >= 0.3 is 5.97 Å². The minimum absolute atomic E-state index is 0.00887. The third-order valence-electron chi connectivity index (χ3n) is 9.42. The van der Waals surface area contributed by atoms with Gasteiger partial charge in [-0.05, 0) is 27.8 Å². The van der Waals surface area contributed by atoms with Gasteiger partial charge in [0.1, 0.15) is 29.9 Å².